The van der Waals surface area contributed by atoms with Gasteiger partial charge in [0.25, 0.3) is 6.08 Å². The molecular formula is C9H8F2O2. The average molecular weight is 186 g/mol. The summed E-state index contributed by atoms with van der Waals surface area (Å²) in [7, 11) is 0. The predicted octanol–water partition coefficient (Wildman–Crippen LogP) is 2.44. The van der Waals surface area contributed by atoms with Crippen molar-refractivity contribution in [2.45, 2.75) is 0 Å². The Morgan fingerprint density at radius 1 is 1.54 bits per heavy atom. The smallest absolute Gasteiger partial charge is 0.275 e. The van der Waals surface area contributed by atoms with Crippen LogP contribution in [0.5, 0.6) is 0 Å². The third-order valence-electron chi connectivity index (χ3n) is 1.41. The normalized spacial score (nSPS) is 10.7. The summed E-state index contributed by atoms with van der Waals surface area (Å²) >= 11 is 0. The molecule has 0 saturated heterocycles. The SMILES string of the molecule is OCC(/C=C/c1ccco1)=C(F)F. The van der Waals surface area contributed by atoms with Crippen LogP contribution in [0, 0.1) is 0 Å². The molecule has 0 atom stereocenters. The Hall–Kier alpha value is -1.42. The molecule has 4 heteroatoms. The van der Waals surface area contributed by atoms with Gasteiger partial charge in [-0.05, 0) is 24.3 Å². The molecule has 0 fully saturated rings. The lowest BCUT2D eigenvalue weighted by Crippen LogP contribution is -1.86. The summed E-state index contributed by atoms with van der Waals surface area (Å²) < 4.78 is 28.8. The fraction of sp³-hybridized carbons (Fsp3) is 0.111. The van der Waals surface area contributed by atoms with Crippen molar-refractivity contribution in [2.75, 3.05) is 6.61 Å². The first-order valence-corrected chi connectivity index (χ1v) is 3.60. The van der Waals surface area contributed by atoms with Crippen molar-refractivity contribution in [3.05, 3.63) is 41.9 Å². The molecule has 1 aromatic rings. The largest absolute Gasteiger partial charge is 0.465 e. The lowest BCUT2D eigenvalue weighted by atomic mass is 10.2. The van der Waals surface area contributed by atoms with E-state index < -0.39 is 18.3 Å². The summed E-state index contributed by atoms with van der Waals surface area (Å²) in [6.45, 7) is -0.681. The van der Waals surface area contributed by atoms with Crippen LogP contribution >= 0.6 is 0 Å². The summed E-state index contributed by atoms with van der Waals surface area (Å²) in [5.41, 5.74) is -0.406. The van der Waals surface area contributed by atoms with Gasteiger partial charge in [0, 0.05) is 5.57 Å². The maximum absolute atomic E-state index is 12.0. The van der Waals surface area contributed by atoms with Crippen LogP contribution in [0.2, 0.25) is 0 Å². The van der Waals surface area contributed by atoms with E-state index in [1.807, 2.05) is 0 Å². The summed E-state index contributed by atoms with van der Waals surface area (Å²) in [6, 6.07) is 3.27. The molecule has 0 unspecified atom stereocenters. The van der Waals surface area contributed by atoms with E-state index in [-0.39, 0.29) is 0 Å². The van der Waals surface area contributed by atoms with Gasteiger partial charge in [-0.25, -0.2) is 0 Å². The molecule has 0 amide bonds. The third-order valence-corrected chi connectivity index (χ3v) is 1.41. The van der Waals surface area contributed by atoms with Gasteiger partial charge in [-0.1, -0.05) is 0 Å². The zero-order chi connectivity index (χ0) is 9.68. The number of aliphatic hydroxyl groups is 1. The molecule has 0 aliphatic heterocycles. The monoisotopic (exact) mass is 186 g/mol. The van der Waals surface area contributed by atoms with Crippen LogP contribution < -0.4 is 0 Å². The Bertz CT molecular complexity index is 308. The lowest BCUT2D eigenvalue weighted by Gasteiger charge is -1.92. The van der Waals surface area contributed by atoms with Crippen molar-refractivity contribution in [2.24, 2.45) is 0 Å². The Kier molecular flexibility index (Phi) is 3.40. The molecule has 1 aromatic heterocycles. The highest BCUT2D eigenvalue weighted by atomic mass is 19.3. The molecule has 0 aliphatic rings. The van der Waals surface area contributed by atoms with Crippen LogP contribution in [-0.4, -0.2) is 11.7 Å². The summed E-state index contributed by atoms with van der Waals surface area (Å²) in [5, 5.41) is 8.51. The average Bonchev–Trinajstić information content (AvgIpc) is 2.57. The molecule has 13 heavy (non-hydrogen) atoms. The van der Waals surface area contributed by atoms with Gasteiger partial charge in [0.15, 0.2) is 0 Å². The summed E-state index contributed by atoms with van der Waals surface area (Å²) in [4.78, 5) is 0. The molecule has 0 aliphatic carbocycles. The van der Waals surface area contributed by atoms with Gasteiger partial charge < -0.3 is 9.52 Å². The maximum Gasteiger partial charge on any atom is 0.275 e. The molecule has 1 N–H and O–H groups in total. The second kappa shape index (κ2) is 4.57. The Labute approximate surface area is 73.8 Å². The molecule has 0 aromatic carbocycles. The minimum absolute atomic E-state index is 0.406. The zero-order valence-electron chi connectivity index (χ0n) is 6.71. The van der Waals surface area contributed by atoms with Gasteiger partial charge in [-0.15, -0.1) is 0 Å². The Balaban J connectivity index is 2.73. The first-order chi connectivity index (χ1) is 6.24. The van der Waals surface area contributed by atoms with Gasteiger partial charge in [-0.3, -0.25) is 0 Å². The molecule has 0 bridgehead atoms. The van der Waals surface area contributed by atoms with Gasteiger partial charge in [-0.2, -0.15) is 8.78 Å². The van der Waals surface area contributed by atoms with E-state index >= 15 is 0 Å². The van der Waals surface area contributed by atoms with Crippen LogP contribution in [0.1, 0.15) is 5.76 Å². The van der Waals surface area contributed by atoms with Crippen LogP contribution in [0.25, 0.3) is 6.08 Å². The molecule has 0 saturated carbocycles. The zero-order valence-corrected chi connectivity index (χ0v) is 6.71. The lowest BCUT2D eigenvalue weighted by molar-refractivity contribution is 0.316. The van der Waals surface area contributed by atoms with E-state index in [9.17, 15) is 8.78 Å². The number of furan rings is 1. The summed E-state index contributed by atoms with van der Waals surface area (Å²) in [6.07, 6.45) is 2.04. The van der Waals surface area contributed by atoms with E-state index in [2.05, 4.69) is 0 Å². The van der Waals surface area contributed by atoms with Crippen molar-refractivity contribution in [3.8, 4) is 0 Å². The Morgan fingerprint density at radius 2 is 2.31 bits per heavy atom. The number of hydrogen-bond donors (Lipinski definition) is 1. The molecule has 1 rings (SSSR count). The second-order valence-corrected chi connectivity index (χ2v) is 2.29. The molecule has 70 valence electrons. The van der Waals surface area contributed by atoms with Gasteiger partial charge in [0.1, 0.15) is 5.76 Å². The minimum Gasteiger partial charge on any atom is -0.465 e. The standard InChI is InChI=1S/C9H8F2O2/c10-9(11)7(6-12)3-4-8-2-1-5-13-8/h1-5,12H,6H2/b4-3+. The van der Waals surface area contributed by atoms with Crippen molar-refractivity contribution < 1.29 is 18.3 Å². The number of halogens is 2. The number of aliphatic hydroxyl groups excluding tert-OH is 1. The molecule has 2 nitrogen and oxygen atoms in total. The fourth-order valence-corrected chi connectivity index (χ4v) is 0.744. The van der Waals surface area contributed by atoms with Crippen molar-refractivity contribution in [1.29, 1.82) is 0 Å². The quantitative estimate of drug-likeness (QED) is 0.735. The van der Waals surface area contributed by atoms with E-state index in [1.165, 1.54) is 12.3 Å². The second-order valence-electron chi connectivity index (χ2n) is 2.29. The van der Waals surface area contributed by atoms with Crippen LogP contribution in [0.4, 0.5) is 8.78 Å². The highest BCUT2D eigenvalue weighted by molar-refractivity contribution is 5.47. The van der Waals surface area contributed by atoms with E-state index in [0.29, 0.717) is 5.76 Å². The molecule has 0 spiro atoms. The molecule has 0 radical (unpaired) electrons. The first-order valence-electron chi connectivity index (χ1n) is 3.60. The van der Waals surface area contributed by atoms with Crippen LogP contribution in [0.15, 0.2) is 40.5 Å². The number of rotatable bonds is 3. The molecule has 1 heterocycles. The van der Waals surface area contributed by atoms with Gasteiger partial charge in [0.2, 0.25) is 0 Å². The third kappa shape index (κ3) is 2.83. The Morgan fingerprint density at radius 3 is 2.77 bits per heavy atom. The number of hydrogen-bond acceptors (Lipinski definition) is 2. The van der Waals surface area contributed by atoms with Crippen molar-refractivity contribution in [3.63, 3.8) is 0 Å². The van der Waals surface area contributed by atoms with E-state index in [0.717, 1.165) is 6.08 Å². The minimum atomic E-state index is -1.88. The molecular weight excluding hydrogens is 178 g/mol. The van der Waals surface area contributed by atoms with Gasteiger partial charge >= 0.3 is 0 Å². The van der Waals surface area contributed by atoms with E-state index in [4.69, 9.17) is 9.52 Å². The summed E-state index contributed by atoms with van der Waals surface area (Å²) in [5.74, 6) is 0.465. The van der Waals surface area contributed by atoms with Crippen molar-refractivity contribution in [1.82, 2.24) is 0 Å². The van der Waals surface area contributed by atoms with Gasteiger partial charge in [0.05, 0.1) is 12.9 Å². The maximum atomic E-state index is 12.0. The van der Waals surface area contributed by atoms with Crippen molar-refractivity contribution >= 4 is 6.08 Å². The topological polar surface area (TPSA) is 33.4 Å². The highest BCUT2D eigenvalue weighted by Crippen LogP contribution is 2.11. The van der Waals surface area contributed by atoms with Crippen LogP contribution in [-0.2, 0) is 0 Å². The predicted molar refractivity (Wildman–Crippen MR) is 44.1 cm³/mol. The highest BCUT2D eigenvalue weighted by Gasteiger charge is 2.00. The first kappa shape index (κ1) is 9.67. The fourth-order valence-electron chi connectivity index (χ4n) is 0.744. The van der Waals surface area contributed by atoms with Crippen LogP contribution in [0.3, 0.4) is 0 Å². The van der Waals surface area contributed by atoms with E-state index in [1.54, 1.807) is 12.1 Å².